The molecular weight excluding hydrogens is 501 g/mol. The second kappa shape index (κ2) is 11.3. The number of hydrogen-bond donors (Lipinski definition) is 3. The summed E-state index contributed by atoms with van der Waals surface area (Å²) < 4.78 is 49.0. The number of halogens is 3. The van der Waals surface area contributed by atoms with Gasteiger partial charge in [0.2, 0.25) is 0 Å². The summed E-state index contributed by atoms with van der Waals surface area (Å²) in [6.45, 7) is -1.20. The van der Waals surface area contributed by atoms with Crippen molar-refractivity contribution in [3.63, 3.8) is 0 Å². The number of carbonyl (C=O) groups excluding carboxylic acids is 1. The lowest BCUT2D eigenvalue weighted by molar-refractivity contribution is -0.125. The lowest BCUT2D eigenvalue weighted by atomic mass is 10.1. The standard InChI is InChI=1S/C26H23F3N6O3/c27-9-21(24(28)29)33-23(36)14-38-19-3-1-2-16(8-19)25-34-22-13-37-12-20(22)26(35-25)32-18-6-4-15(5-7-18)17-10-30-31-11-17/h1-8,10-11,21,24H,9,12-14H2,(H,30,31)(H,33,36)(H,32,34,35). The highest BCUT2D eigenvalue weighted by Crippen LogP contribution is 2.31. The van der Waals surface area contributed by atoms with Gasteiger partial charge in [-0.3, -0.25) is 9.89 Å². The molecule has 0 radical (unpaired) electrons. The molecule has 12 heteroatoms. The van der Waals surface area contributed by atoms with Crippen molar-refractivity contribution in [3.8, 4) is 28.3 Å². The number of fused-ring (bicyclic) bond motifs is 1. The zero-order valence-electron chi connectivity index (χ0n) is 20.0. The smallest absolute Gasteiger partial charge is 0.261 e. The Labute approximate surface area is 215 Å². The van der Waals surface area contributed by atoms with Gasteiger partial charge in [-0.2, -0.15) is 5.10 Å². The maximum atomic E-state index is 12.7. The molecule has 1 unspecified atom stereocenters. The molecule has 0 bridgehead atoms. The number of rotatable bonds is 10. The zero-order valence-corrected chi connectivity index (χ0v) is 20.0. The van der Waals surface area contributed by atoms with Gasteiger partial charge in [-0.25, -0.2) is 23.1 Å². The maximum Gasteiger partial charge on any atom is 0.261 e. The van der Waals surface area contributed by atoms with E-state index in [1.165, 1.54) is 0 Å². The molecule has 2 aromatic carbocycles. The highest BCUT2D eigenvalue weighted by atomic mass is 19.3. The minimum absolute atomic E-state index is 0.302. The monoisotopic (exact) mass is 524 g/mol. The van der Waals surface area contributed by atoms with E-state index >= 15 is 0 Å². The van der Waals surface area contributed by atoms with Crippen LogP contribution in [-0.2, 0) is 22.7 Å². The van der Waals surface area contributed by atoms with Gasteiger partial charge in [0.05, 0.1) is 25.1 Å². The second-order valence-corrected chi connectivity index (χ2v) is 8.48. The van der Waals surface area contributed by atoms with Gasteiger partial charge < -0.3 is 20.1 Å². The van der Waals surface area contributed by atoms with E-state index in [1.807, 2.05) is 35.8 Å². The Morgan fingerprint density at radius 1 is 1.08 bits per heavy atom. The van der Waals surface area contributed by atoms with E-state index in [4.69, 9.17) is 14.5 Å². The first-order valence-electron chi connectivity index (χ1n) is 11.7. The summed E-state index contributed by atoms with van der Waals surface area (Å²) >= 11 is 0. The Kier molecular flexibility index (Phi) is 7.50. The summed E-state index contributed by atoms with van der Waals surface area (Å²) in [4.78, 5) is 21.2. The van der Waals surface area contributed by atoms with E-state index in [0.717, 1.165) is 28.1 Å². The summed E-state index contributed by atoms with van der Waals surface area (Å²) in [6.07, 6.45) is 0.556. The van der Waals surface area contributed by atoms with Crippen LogP contribution in [0.15, 0.2) is 60.9 Å². The summed E-state index contributed by atoms with van der Waals surface area (Å²) in [6, 6.07) is 12.7. The molecule has 5 rings (SSSR count). The fraction of sp³-hybridized carbons (Fsp3) is 0.231. The molecule has 2 aromatic heterocycles. The largest absolute Gasteiger partial charge is 0.484 e. The molecule has 0 saturated heterocycles. The molecule has 1 aliphatic heterocycles. The molecule has 0 saturated carbocycles. The fourth-order valence-corrected chi connectivity index (χ4v) is 3.87. The van der Waals surface area contributed by atoms with Crippen molar-refractivity contribution in [2.24, 2.45) is 0 Å². The second-order valence-electron chi connectivity index (χ2n) is 8.48. The van der Waals surface area contributed by atoms with Crippen molar-refractivity contribution < 1.29 is 27.4 Å². The molecule has 1 atom stereocenters. The van der Waals surface area contributed by atoms with Crippen molar-refractivity contribution in [1.82, 2.24) is 25.5 Å². The molecule has 38 heavy (non-hydrogen) atoms. The fourth-order valence-electron chi connectivity index (χ4n) is 3.87. The Bertz CT molecular complexity index is 1400. The van der Waals surface area contributed by atoms with E-state index < -0.39 is 31.7 Å². The Morgan fingerprint density at radius 2 is 1.92 bits per heavy atom. The highest BCUT2D eigenvalue weighted by molar-refractivity contribution is 5.78. The Hall–Kier alpha value is -4.45. The van der Waals surface area contributed by atoms with Crippen LogP contribution in [-0.4, -0.2) is 51.8 Å². The van der Waals surface area contributed by atoms with Crippen LogP contribution < -0.4 is 15.4 Å². The van der Waals surface area contributed by atoms with Gasteiger partial charge in [0.25, 0.3) is 12.3 Å². The quantitative estimate of drug-likeness (QED) is 0.282. The van der Waals surface area contributed by atoms with Crippen LogP contribution in [0.3, 0.4) is 0 Å². The number of ether oxygens (including phenoxy) is 2. The molecule has 9 nitrogen and oxygen atoms in total. The number of hydrogen-bond acceptors (Lipinski definition) is 7. The summed E-state index contributed by atoms with van der Waals surface area (Å²) in [5.41, 5.74) is 5.05. The third-order valence-electron chi connectivity index (χ3n) is 5.84. The first-order chi connectivity index (χ1) is 18.5. The minimum Gasteiger partial charge on any atom is -0.484 e. The molecule has 0 fully saturated rings. The number of carbonyl (C=O) groups is 1. The predicted octanol–water partition coefficient (Wildman–Crippen LogP) is 4.41. The predicted molar refractivity (Wildman–Crippen MR) is 133 cm³/mol. The van der Waals surface area contributed by atoms with Crippen LogP contribution in [0.25, 0.3) is 22.5 Å². The van der Waals surface area contributed by atoms with E-state index in [-0.39, 0.29) is 0 Å². The number of benzene rings is 2. The maximum absolute atomic E-state index is 12.7. The van der Waals surface area contributed by atoms with Crippen LogP contribution in [0.2, 0.25) is 0 Å². The van der Waals surface area contributed by atoms with Gasteiger partial charge in [0.1, 0.15) is 24.3 Å². The first-order valence-corrected chi connectivity index (χ1v) is 11.7. The van der Waals surface area contributed by atoms with E-state index in [2.05, 4.69) is 20.5 Å². The van der Waals surface area contributed by atoms with Gasteiger partial charge in [-0.1, -0.05) is 24.3 Å². The number of aromatic nitrogens is 4. The molecule has 0 spiro atoms. The van der Waals surface area contributed by atoms with Crippen LogP contribution in [0, 0.1) is 0 Å². The number of amides is 1. The average Bonchev–Trinajstić information content (AvgIpc) is 3.64. The summed E-state index contributed by atoms with van der Waals surface area (Å²) in [5, 5.41) is 12.0. The number of nitrogens with one attached hydrogen (secondary N) is 3. The lowest BCUT2D eigenvalue weighted by Gasteiger charge is -2.15. The van der Waals surface area contributed by atoms with Crippen molar-refractivity contribution in [2.45, 2.75) is 25.7 Å². The van der Waals surface area contributed by atoms with E-state index in [0.29, 0.717) is 36.2 Å². The Morgan fingerprint density at radius 3 is 2.66 bits per heavy atom. The lowest BCUT2D eigenvalue weighted by Crippen LogP contribution is -2.43. The third kappa shape index (κ3) is 5.75. The van der Waals surface area contributed by atoms with Crippen LogP contribution >= 0.6 is 0 Å². The molecule has 1 aliphatic rings. The van der Waals surface area contributed by atoms with Gasteiger partial charge in [-0.15, -0.1) is 0 Å². The SMILES string of the molecule is O=C(COc1cccc(-c2nc3c(c(Nc4ccc(-c5cn[nH]c5)cc4)n2)COC3)c1)NC(CF)C(F)F. The molecular formula is C26H23F3N6O3. The molecule has 3 N–H and O–H groups in total. The van der Waals surface area contributed by atoms with Gasteiger partial charge >= 0.3 is 0 Å². The van der Waals surface area contributed by atoms with Gasteiger partial charge in [-0.05, 0) is 29.8 Å². The number of nitrogens with zero attached hydrogens (tertiary/aromatic N) is 3. The number of aromatic amines is 1. The average molecular weight is 525 g/mol. The van der Waals surface area contributed by atoms with Crippen molar-refractivity contribution in [1.29, 1.82) is 0 Å². The Balaban J connectivity index is 1.32. The van der Waals surface area contributed by atoms with Crippen molar-refractivity contribution in [3.05, 3.63) is 72.2 Å². The van der Waals surface area contributed by atoms with E-state index in [1.54, 1.807) is 30.5 Å². The number of H-pyrrole nitrogens is 1. The van der Waals surface area contributed by atoms with Crippen LogP contribution in [0.4, 0.5) is 24.7 Å². The zero-order chi connectivity index (χ0) is 26.5. The molecule has 196 valence electrons. The molecule has 3 heterocycles. The van der Waals surface area contributed by atoms with Crippen molar-refractivity contribution in [2.75, 3.05) is 18.6 Å². The summed E-state index contributed by atoms with van der Waals surface area (Å²) in [7, 11) is 0. The molecule has 4 aromatic rings. The van der Waals surface area contributed by atoms with Gasteiger partial charge in [0.15, 0.2) is 12.4 Å². The minimum atomic E-state index is -3.01. The first kappa shape index (κ1) is 25.2. The number of alkyl halides is 3. The van der Waals surface area contributed by atoms with Crippen molar-refractivity contribution >= 4 is 17.4 Å². The van der Waals surface area contributed by atoms with Gasteiger partial charge in [0, 0.05) is 28.6 Å². The highest BCUT2D eigenvalue weighted by Gasteiger charge is 2.23. The number of anilines is 2. The normalized spacial score (nSPS) is 13.3. The topological polar surface area (TPSA) is 114 Å². The van der Waals surface area contributed by atoms with Crippen LogP contribution in [0.1, 0.15) is 11.3 Å². The van der Waals surface area contributed by atoms with Crippen LogP contribution in [0.5, 0.6) is 5.75 Å². The molecule has 1 amide bonds. The van der Waals surface area contributed by atoms with E-state index in [9.17, 15) is 18.0 Å². The summed E-state index contributed by atoms with van der Waals surface area (Å²) in [5.74, 6) is 0.469. The molecule has 0 aliphatic carbocycles. The third-order valence-corrected chi connectivity index (χ3v) is 5.84.